The van der Waals surface area contributed by atoms with Crippen molar-refractivity contribution in [2.45, 2.75) is 31.5 Å². The van der Waals surface area contributed by atoms with Gasteiger partial charge in [-0.15, -0.1) is 0 Å². The van der Waals surface area contributed by atoms with Crippen molar-refractivity contribution in [2.24, 2.45) is 0 Å². The van der Waals surface area contributed by atoms with Crippen molar-refractivity contribution < 1.29 is 19.0 Å². The number of benzene rings is 2. The Morgan fingerprint density at radius 1 is 0.913 bits per heavy atom. The fourth-order valence-corrected chi connectivity index (χ4v) is 2.61. The molecule has 4 heteroatoms. The van der Waals surface area contributed by atoms with Crippen LogP contribution < -0.4 is 0 Å². The summed E-state index contributed by atoms with van der Waals surface area (Å²) in [6.07, 6.45) is -0.397. The number of aldehydes is 1. The van der Waals surface area contributed by atoms with Crippen LogP contribution in [0.3, 0.4) is 0 Å². The lowest BCUT2D eigenvalue weighted by molar-refractivity contribution is -0.123. The molecule has 1 fully saturated rings. The second-order valence-corrected chi connectivity index (χ2v) is 5.53. The van der Waals surface area contributed by atoms with E-state index < -0.39 is 6.10 Å². The maximum Gasteiger partial charge on any atom is 0.151 e. The molecule has 0 spiro atoms. The fraction of sp³-hybridized carbons (Fsp3) is 0.316. The second-order valence-electron chi connectivity index (χ2n) is 5.53. The SMILES string of the molecule is O=C[C@@H]1OC[C@H](OCc2ccccc2)[C@H]1OCc1ccccc1. The van der Waals surface area contributed by atoms with Crippen molar-refractivity contribution in [1.29, 1.82) is 0 Å². The van der Waals surface area contributed by atoms with Crippen LogP contribution in [-0.2, 0) is 32.2 Å². The van der Waals surface area contributed by atoms with Crippen molar-refractivity contribution in [3.05, 3.63) is 71.8 Å². The molecular formula is C19H20O4. The molecule has 0 radical (unpaired) electrons. The van der Waals surface area contributed by atoms with Crippen molar-refractivity contribution in [1.82, 2.24) is 0 Å². The number of carbonyl (C=O) groups excluding carboxylic acids is 1. The Bertz CT molecular complexity index is 599. The Labute approximate surface area is 136 Å². The van der Waals surface area contributed by atoms with E-state index in [1.807, 2.05) is 60.7 Å². The Hall–Kier alpha value is -2.01. The zero-order chi connectivity index (χ0) is 15.9. The maximum absolute atomic E-state index is 11.2. The molecule has 1 aliphatic heterocycles. The minimum atomic E-state index is -0.570. The first-order valence-electron chi connectivity index (χ1n) is 7.75. The van der Waals surface area contributed by atoms with Gasteiger partial charge in [-0.2, -0.15) is 0 Å². The average Bonchev–Trinajstić information content (AvgIpc) is 3.02. The molecule has 0 aromatic heterocycles. The Kier molecular flexibility index (Phi) is 5.53. The van der Waals surface area contributed by atoms with E-state index in [2.05, 4.69) is 0 Å². The molecule has 0 amide bonds. The third-order valence-corrected chi connectivity index (χ3v) is 3.87. The van der Waals surface area contributed by atoms with E-state index in [4.69, 9.17) is 14.2 Å². The number of ether oxygens (including phenoxy) is 3. The lowest BCUT2D eigenvalue weighted by Crippen LogP contribution is -2.35. The minimum absolute atomic E-state index is 0.242. The number of hydrogen-bond donors (Lipinski definition) is 0. The third-order valence-electron chi connectivity index (χ3n) is 3.87. The van der Waals surface area contributed by atoms with Gasteiger partial charge in [-0.3, -0.25) is 0 Å². The third kappa shape index (κ3) is 4.26. The van der Waals surface area contributed by atoms with E-state index in [1.54, 1.807) is 0 Å². The summed E-state index contributed by atoms with van der Waals surface area (Å²) in [5.41, 5.74) is 2.15. The molecule has 0 aliphatic carbocycles. The highest BCUT2D eigenvalue weighted by molar-refractivity contribution is 5.58. The summed E-state index contributed by atoms with van der Waals surface area (Å²) >= 11 is 0. The summed E-state index contributed by atoms with van der Waals surface area (Å²) in [5, 5.41) is 0. The van der Waals surface area contributed by atoms with Gasteiger partial charge in [-0.25, -0.2) is 0 Å². The summed E-state index contributed by atoms with van der Waals surface area (Å²) < 4.78 is 17.3. The van der Waals surface area contributed by atoms with Gasteiger partial charge in [0.05, 0.1) is 19.8 Å². The highest BCUT2D eigenvalue weighted by Crippen LogP contribution is 2.22. The normalized spacial score (nSPS) is 23.7. The van der Waals surface area contributed by atoms with Gasteiger partial charge >= 0.3 is 0 Å². The van der Waals surface area contributed by atoms with E-state index in [0.29, 0.717) is 19.8 Å². The molecule has 2 aromatic rings. The standard InChI is InChI=1S/C19H20O4/c20-11-17-19(23-13-16-9-5-2-6-10-16)18(14-22-17)21-12-15-7-3-1-4-8-15/h1-11,17-19H,12-14H2/t17-,18-,19-/m0/s1. The van der Waals surface area contributed by atoms with Crippen molar-refractivity contribution in [3.63, 3.8) is 0 Å². The van der Waals surface area contributed by atoms with Gasteiger partial charge in [0, 0.05) is 0 Å². The molecule has 0 bridgehead atoms. The molecule has 4 nitrogen and oxygen atoms in total. The Morgan fingerprint density at radius 3 is 2.04 bits per heavy atom. The van der Waals surface area contributed by atoms with E-state index in [9.17, 15) is 4.79 Å². The van der Waals surface area contributed by atoms with Gasteiger partial charge in [0.25, 0.3) is 0 Å². The summed E-state index contributed by atoms with van der Waals surface area (Å²) in [5.74, 6) is 0. The van der Waals surface area contributed by atoms with Crippen LogP contribution in [0.5, 0.6) is 0 Å². The molecule has 120 valence electrons. The van der Waals surface area contributed by atoms with E-state index in [0.717, 1.165) is 17.4 Å². The van der Waals surface area contributed by atoms with Gasteiger partial charge in [-0.1, -0.05) is 60.7 Å². The molecule has 1 heterocycles. The van der Waals surface area contributed by atoms with E-state index >= 15 is 0 Å². The molecule has 3 rings (SSSR count). The molecule has 0 unspecified atom stereocenters. The van der Waals surface area contributed by atoms with Crippen LogP contribution in [0.15, 0.2) is 60.7 Å². The molecule has 0 saturated carbocycles. The van der Waals surface area contributed by atoms with Crippen molar-refractivity contribution in [2.75, 3.05) is 6.61 Å². The van der Waals surface area contributed by atoms with Crippen LogP contribution >= 0.6 is 0 Å². The second kappa shape index (κ2) is 8.02. The lowest BCUT2D eigenvalue weighted by Gasteiger charge is -2.21. The van der Waals surface area contributed by atoms with Crippen LogP contribution in [0.2, 0.25) is 0 Å². The predicted octanol–water partition coefficient (Wildman–Crippen LogP) is 2.75. The first kappa shape index (κ1) is 15.9. The monoisotopic (exact) mass is 312 g/mol. The molecule has 2 aromatic carbocycles. The number of rotatable bonds is 7. The highest BCUT2D eigenvalue weighted by atomic mass is 16.6. The van der Waals surface area contributed by atoms with E-state index in [1.165, 1.54) is 0 Å². The van der Waals surface area contributed by atoms with Gasteiger partial charge in [-0.05, 0) is 11.1 Å². The zero-order valence-corrected chi connectivity index (χ0v) is 12.8. The van der Waals surface area contributed by atoms with Gasteiger partial charge in [0.2, 0.25) is 0 Å². The number of carbonyl (C=O) groups is 1. The van der Waals surface area contributed by atoms with Crippen LogP contribution in [0.25, 0.3) is 0 Å². The molecule has 23 heavy (non-hydrogen) atoms. The lowest BCUT2D eigenvalue weighted by atomic mass is 10.1. The number of hydrogen-bond acceptors (Lipinski definition) is 4. The molecular weight excluding hydrogens is 292 g/mol. The summed E-state index contributed by atoms with van der Waals surface area (Å²) in [6, 6.07) is 19.8. The van der Waals surface area contributed by atoms with Gasteiger partial charge in [0.15, 0.2) is 6.29 Å². The van der Waals surface area contributed by atoms with Crippen LogP contribution in [-0.4, -0.2) is 31.2 Å². The molecule has 1 saturated heterocycles. The largest absolute Gasteiger partial charge is 0.368 e. The summed E-state index contributed by atoms with van der Waals surface area (Å²) in [6.45, 7) is 1.28. The topological polar surface area (TPSA) is 44.8 Å². The Balaban J connectivity index is 1.58. The first-order chi connectivity index (χ1) is 11.4. The summed E-state index contributed by atoms with van der Waals surface area (Å²) in [7, 11) is 0. The van der Waals surface area contributed by atoms with Crippen molar-refractivity contribution >= 4 is 6.29 Å². The molecule has 1 aliphatic rings. The Morgan fingerprint density at radius 2 is 1.48 bits per heavy atom. The quantitative estimate of drug-likeness (QED) is 0.738. The molecule has 3 atom stereocenters. The smallest absolute Gasteiger partial charge is 0.151 e. The molecule has 0 N–H and O–H groups in total. The van der Waals surface area contributed by atoms with Gasteiger partial charge in [0.1, 0.15) is 18.3 Å². The predicted molar refractivity (Wildman–Crippen MR) is 85.8 cm³/mol. The zero-order valence-electron chi connectivity index (χ0n) is 12.8. The minimum Gasteiger partial charge on any atom is -0.368 e. The van der Waals surface area contributed by atoms with Crippen LogP contribution in [0.4, 0.5) is 0 Å². The highest BCUT2D eigenvalue weighted by Gasteiger charge is 2.38. The first-order valence-corrected chi connectivity index (χ1v) is 7.75. The average molecular weight is 312 g/mol. The van der Waals surface area contributed by atoms with Crippen LogP contribution in [0.1, 0.15) is 11.1 Å². The summed E-state index contributed by atoms with van der Waals surface area (Å²) in [4.78, 5) is 11.2. The van der Waals surface area contributed by atoms with E-state index in [-0.39, 0.29) is 12.2 Å². The maximum atomic E-state index is 11.2. The van der Waals surface area contributed by atoms with Gasteiger partial charge < -0.3 is 19.0 Å². The fourth-order valence-electron chi connectivity index (χ4n) is 2.61. The van der Waals surface area contributed by atoms with Crippen LogP contribution in [0, 0.1) is 0 Å². The van der Waals surface area contributed by atoms with Crippen molar-refractivity contribution in [3.8, 4) is 0 Å².